The Balaban J connectivity index is 1.92. The van der Waals surface area contributed by atoms with Crippen LogP contribution in [-0.4, -0.2) is 5.33 Å². The molecule has 0 heterocycles. The van der Waals surface area contributed by atoms with Gasteiger partial charge in [0.05, 0.1) is 0 Å². The van der Waals surface area contributed by atoms with Crippen molar-refractivity contribution in [2.45, 2.75) is 51.9 Å². The van der Waals surface area contributed by atoms with Crippen LogP contribution in [0, 0.1) is 10.8 Å². The van der Waals surface area contributed by atoms with Crippen molar-refractivity contribution in [1.82, 2.24) is 0 Å². The Morgan fingerprint density at radius 1 is 1.08 bits per heavy atom. The molecule has 0 bridgehead atoms. The van der Waals surface area contributed by atoms with Gasteiger partial charge in [0.1, 0.15) is 0 Å². The van der Waals surface area contributed by atoms with Gasteiger partial charge in [-0.1, -0.05) is 35.7 Å². The van der Waals surface area contributed by atoms with Crippen LogP contribution in [0.2, 0.25) is 0 Å². The standard InChI is InChI=1S/C11H19Br/c1-10(4-2-3-5-10)8-11(9-12)6-7-11/h2-9H2,1H3. The van der Waals surface area contributed by atoms with Gasteiger partial charge in [0.25, 0.3) is 0 Å². The van der Waals surface area contributed by atoms with Gasteiger partial charge in [-0.3, -0.25) is 0 Å². The Labute approximate surface area is 84.2 Å². The number of alkyl halides is 1. The molecule has 0 N–H and O–H groups in total. The van der Waals surface area contributed by atoms with Crippen LogP contribution in [0.1, 0.15) is 51.9 Å². The molecule has 0 unspecified atom stereocenters. The summed E-state index contributed by atoms with van der Waals surface area (Å²) in [6.07, 6.45) is 10.4. The number of hydrogen-bond acceptors (Lipinski definition) is 0. The first-order valence-electron chi connectivity index (χ1n) is 5.24. The van der Waals surface area contributed by atoms with Crippen LogP contribution >= 0.6 is 15.9 Å². The van der Waals surface area contributed by atoms with E-state index in [0.717, 1.165) is 5.41 Å². The Kier molecular flexibility index (Phi) is 2.27. The molecular weight excluding hydrogens is 212 g/mol. The van der Waals surface area contributed by atoms with E-state index in [-0.39, 0.29) is 0 Å². The van der Waals surface area contributed by atoms with Crippen molar-refractivity contribution >= 4 is 15.9 Å². The SMILES string of the molecule is CC1(CC2(CBr)CC2)CCCC1. The average molecular weight is 231 g/mol. The van der Waals surface area contributed by atoms with Gasteiger partial charge < -0.3 is 0 Å². The second-order valence-corrected chi connectivity index (χ2v) is 5.89. The first-order chi connectivity index (χ1) is 5.68. The maximum Gasteiger partial charge on any atom is 0.00881 e. The maximum atomic E-state index is 3.66. The molecule has 0 amide bonds. The van der Waals surface area contributed by atoms with Gasteiger partial charge in [-0.15, -0.1) is 0 Å². The molecule has 12 heavy (non-hydrogen) atoms. The lowest BCUT2D eigenvalue weighted by atomic mass is 9.79. The molecule has 2 rings (SSSR count). The fraction of sp³-hybridized carbons (Fsp3) is 1.00. The number of halogens is 1. The van der Waals surface area contributed by atoms with E-state index >= 15 is 0 Å². The predicted octanol–water partition coefficient (Wildman–Crippen LogP) is 4.13. The summed E-state index contributed by atoms with van der Waals surface area (Å²) in [6, 6.07) is 0. The third-order valence-electron chi connectivity index (χ3n) is 3.85. The highest BCUT2D eigenvalue weighted by Gasteiger charge is 2.46. The molecule has 2 saturated carbocycles. The number of hydrogen-bond donors (Lipinski definition) is 0. The van der Waals surface area contributed by atoms with Crippen molar-refractivity contribution in [3.63, 3.8) is 0 Å². The molecule has 70 valence electrons. The fourth-order valence-electron chi connectivity index (χ4n) is 2.85. The molecule has 0 aromatic carbocycles. The maximum absolute atomic E-state index is 3.66. The van der Waals surface area contributed by atoms with Crippen molar-refractivity contribution in [3.05, 3.63) is 0 Å². The molecule has 0 aromatic heterocycles. The first-order valence-corrected chi connectivity index (χ1v) is 6.36. The van der Waals surface area contributed by atoms with Gasteiger partial charge in [0.2, 0.25) is 0 Å². The zero-order valence-corrected chi connectivity index (χ0v) is 9.62. The summed E-state index contributed by atoms with van der Waals surface area (Å²) < 4.78 is 0. The molecule has 2 aliphatic rings. The Morgan fingerprint density at radius 2 is 1.67 bits per heavy atom. The third-order valence-corrected chi connectivity index (χ3v) is 5.04. The fourth-order valence-corrected chi connectivity index (χ4v) is 3.60. The topological polar surface area (TPSA) is 0 Å². The monoisotopic (exact) mass is 230 g/mol. The van der Waals surface area contributed by atoms with Gasteiger partial charge in [-0.2, -0.15) is 0 Å². The van der Waals surface area contributed by atoms with Crippen LogP contribution in [0.3, 0.4) is 0 Å². The van der Waals surface area contributed by atoms with Gasteiger partial charge in [0.15, 0.2) is 0 Å². The molecule has 0 atom stereocenters. The van der Waals surface area contributed by atoms with Crippen LogP contribution in [0.5, 0.6) is 0 Å². The zero-order valence-electron chi connectivity index (χ0n) is 8.03. The molecule has 0 spiro atoms. The van der Waals surface area contributed by atoms with Crippen molar-refractivity contribution < 1.29 is 0 Å². The molecule has 0 radical (unpaired) electrons. The lowest BCUT2D eigenvalue weighted by Gasteiger charge is -2.28. The van der Waals surface area contributed by atoms with Crippen LogP contribution in [0.4, 0.5) is 0 Å². The third kappa shape index (κ3) is 1.71. The van der Waals surface area contributed by atoms with Gasteiger partial charge in [-0.05, 0) is 42.9 Å². The van der Waals surface area contributed by atoms with Gasteiger partial charge in [0, 0.05) is 5.33 Å². The average Bonchev–Trinajstić information content (AvgIpc) is 2.68. The Morgan fingerprint density at radius 3 is 2.08 bits per heavy atom. The Hall–Kier alpha value is 0.480. The lowest BCUT2D eigenvalue weighted by molar-refractivity contribution is 0.247. The minimum Gasteiger partial charge on any atom is -0.0922 e. The smallest absolute Gasteiger partial charge is 0.00881 e. The molecule has 2 aliphatic carbocycles. The van der Waals surface area contributed by atoms with E-state index in [4.69, 9.17) is 0 Å². The van der Waals surface area contributed by atoms with E-state index < -0.39 is 0 Å². The van der Waals surface area contributed by atoms with Crippen molar-refractivity contribution in [2.75, 3.05) is 5.33 Å². The van der Waals surface area contributed by atoms with Gasteiger partial charge in [-0.25, -0.2) is 0 Å². The molecular formula is C11H19Br. The first kappa shape index (κ1) is 9.05. The molecule has 0 aromatic rings. The minimum absolute atomic E-state index is 0.713. The van der Waals surface area contributed by atoms with Crippen LogP contribution < -0.4 is 0 Å². The summed E-state index contributed by atoms with van der Waals surface area (Å²) >= 11 is 3.66. The number of rotatable bonds is 3. The molecule has 0 nitrogen and oxygen atoms in total. The summed E-state index contributed by atoms with van der Waals surface area (Å²) in [5.41, 5.74) is 1.45. The van der Waals surface area contributed by atoms with Crippen LogP contribution in [0.15, 0.2) is 0 Å². The second kappa shape index (κ2) is 3.01. The normalized spacial score (nSPS) is 30.5. The van der Waals surface area contributed by atoms with Crippen molar-refractivity contribution in [3.8, 4) is 0 Å². The van der Waals surface area contributed by atoms with E-state index in [9.17, 15) is 0 Å². The predicted molar refractivity (Wildman–Crippen MR) is 56.7 cm³/mol. The molecule has 1 heteroatoms. The van der Waals surface area contributed by atoms with Crippen LogP contribution in [0.25, 0.3) is 0 Å². The van der Waals surface area contributed by atoms with E-state index in [1.165, 1.54) is 50.3 Å². The largest absolute Gasteiger partial charge is 0.0922 e. The van der Waals surface area contributed by atoms with E-state index in [1.807, 2.05) is 0 Å². The lowest BCUT2D eigenvalue weighted by Crippen LogP contribution is -2.18. The van der Waals surface area contributed by atoms with Crippen molar-refractivity contribution in [1.29, 1.82) is 0 Å². The zero-order chi connectivity index (χ0) is 8.66. The Bertz CT molecular complexity index is 164. The highest BCUT2D eigenvalue weighted by molar-refractivity contribution is 9.09. The summed E-state index contributed by atoms with van der Waals surface area (Å²) in [6.45, 7) is 2.50. The molecule has 0 aliphatic heterocycles. The van der Waals surface area contributed by atoms with Gasteiger partial charge >= 0.3 is 0 Å². The van der Waals surface area contributed by atoms with Crippen molar-refractivity contribution in [2.24, 2.45) is 10.8 Å². The second-order valence-electron chi connectivity index (χ2n) is 5.33. The molecule has 2 fully saturated rings. The summed E-state index contributed by atoms with van der Waals surface area (Å²) in [5, 5.41) is 1.25. The quantitative estimate of drug-likeness (QED) is 0.640. The molecule has 0 saturated heterocycles. The minimum atomic E-state index is 0.713. The summed E-state index contributed by atoms with van der Waals surface area (Å²) in [7, 11) is 0. The summed E-state index contributed by atoms with van der Waals surface area (Å²) in [4.78, 5) is 0. The van der Waals surface area contributed by atoms with Crippen LogP contribution in [-0.2, 0) is 0 Å². The van der Waals surface area contributed by atoms with E-state index in [2.05, 4.69) is 22.9 Å². The highest BCUT2D eigenvalue weighted by Crippen LogP contribution is 2.57. The summed E-state index contributed by atoms with van der Waals surface area (Å²) in [5.74, 6) is 0. The van der Waals surface area contributed by atoms with E-state index in [0.29, 0.717) is 5.41 Å². The highest BCUT2D eigenvalue weighted by atomic mass is 79.9. The van der Waals surface area contributed by atoms with E-state index in [1.54, 1.807) is 0 Å².